The maximum absolute atomic E-state index is 12.0. The lowest BCUT2D eigenvalue weighted by Crippen LogP contribution is -2.52. The molecule has 0 unspecified atom stereocenters. The number of hydrogen-bond acceptors (Lipinski definition) is 4. The summed E-state index contributed by atoms with van der Waals surface area (Å²) in [5.41, 5.74) is 10.6. The summed E-state index contributed by atoms with van der Waals surface area (Å²) in [6, 6.07) is 0.105. The highest BCUT2D eigenvalue weighted by Gasteiger charge is 2.40. The van der Waals surface area contributed by atoms with Gasteiger partial charge in [0.25, 0.3) is 0 Å². The molecule has 0 radical (unpaired) electrons. The quantitative estimate of drug-likeness (QED) is 0.446. The van der Waals surface area contributed by atoms with Crippen LogP contribution in [0.3, 0.4) is 0 Å². The second-order valence-corrected chi connectivity index (χ2v) is 11.9. The lowest BCUT2D eigenvalue weighted by Gasteiger charge is -2.36. The van der Waals surface area contributed by atoms with Crippen molar-refractivity contribution < 1.29 is 14.4 Å². The first kappa shape index (κ1) is 18.1. The fourth-order valence-corrected chi connectivity index (χ4v) is 3.14. The zero-order valence-corrected chi connectivity index (χ0v) is 14.7. The first-order chi connectivity index (χ1) is 9.44. The second-order valence-electron chi connectivity index (χ2n) is 7.45. The van der Waals surface area contributed by atoms with Crippen molar-refractivity contribution in [3.8, 4) is 0 Å². The van der Waals surface area contributed by atoms with Crippen LogP contribution in [0.2, 0.25) is 18.1 Å². The zero-order valence-electron chi connectivity index (χ0n) is 13.7. The van der Waals surface area contributed by atoms with E-state index in [4.69, 9.17) is 5.73 Å². The Morgan fingerprint density at radius 1 is 1.33 bits per heavy atom. The van der Waals surface area contributed by atoms with E-state index in [0.29, 0.717) is 19.3 Å². The molecule has 6 nitrogen and oxygen atoms in total. The molecule has 5 N–H and O–H groups in total. The van der Waals surface area contributed by atoms with Crippen LogP contribution in [-0.4, -0.2) is 31.0 Å². The number of hydrogen-bond donors (Lipinski definition) is 4. The van der Waals surface area contributed by atoms with Gasteiger partial charge >= 0.3 is 0 Å². The first-order valence-corrected chi connectivity index (χ1v) is 10.5. The summed E-state index contributed by atoms with van der Waals surface area (Å²) in [5.74, 6) is -0.759. The topological polar surface area (TPSA) is 104 Å². The third-order valence-corrected chi connectivity index (χ3v) is 8.29. The van der Waals surface area contributed by atoms with Gasteiger partial charge in [-0.25, -0.2) is 0 Å². The molecule has 0 aromatic rings. The number of rotatable bonds is 5. The number of carbonyl (C=O) groups excluding carboxylic acids is 2. The number of hydrazine groups is 1. The SMILES string of the molecule is C[C@H](CC(C)(C)[Si](C)(C)O)C(=O)NNC(=O)C1CC(N)C1. The number of amides is 2. The van der Waals surface area contributed by atoms with E-state index < -0.39 is 8.32 Å². The van der Waals surface area contributed by atoms with Gasteiger partial charge in [0.1, 0.15) is 0 Å². The van der Waals surface area contributed by atoms with Crippen molar-refractivity contribution in [2.24, 2.45) is 17.6 Å². The number of carbonyl (C=O) groups is 2. The minimum absolute atomic E-state index is 0.0872. The smallest absolute Gasteiger partial charge is 0.241 e. The van der Waals surface area contributed by atoms with Gasteiger partial charge in [0.05, 0.1) is 0 Å². The molecule has 0 bridgehead atoms. The van der Waals surface area contributed by atoms with Crippen molar-refractivity contribution in [2.75, 3.05) is 0 Å². The van der Waals surface area contributed by atoms with Crippen LogP contribution in [0.4, 0.5) is 0 Å². The van der Waals surface area contributed by atoms with Crippen molar-refractivity contribution >= 4 is 20.1 Å². The van der Waals surface area contributed by atoms with Gasteiger partial charge in [-0.3, -0.25) is 20.4 Å². The molecule has 122 valence electrons. The van der Waals surface area contributed by atoms with Crippen molar-refractivity contribution in [1.29, 1.82) is 0 Å². The normalized spacial score (nSPS) is 24.0. The molecule has 0 aromatic heterocycles. The zero-order chi connectivity index (χ0) is 16.4. The second kappa shape index (κ2) is 6.45. The molecule has 1 fully saturated rings. The summed E-state index contributed by atoms with van der Waals surface area (Å²) in [5, 5.41) is -0.269. The maximum atomic E-state index is 12.0. The molecule has 1 rings (SSSR count). The average molecular weight is 315 g/mol. The van der Waals surface area contributed by atoms with Gasteiger partial charge in [-0.1, -0.05) is 20.8 Å². The summed E-state index contributed by atoms with van der Waals surface area (Å²) in [6.07, 6.45) is 1.93. The lowest BCUT2D eigenvalue weighted by atomic mass is 9.80. The molecule has 0 heterocycles. The summed E-state index contributed by atoms with van der Waals surface area (Å²) in [6.45, 7) is 9.52. The van der Waals surface area contributed by atoms with E-state index in [1.807, 2.05) is 33.9 Å². The highest BCUT2D eigenvalue weighted by Crippen LogP contribution is 2.41. The number of nitrogens with two attached hydrogens (primary N) is 1. The van der Waals surface area contributed by atoms with E-state index in [0.717, 1.165) is 0 Å². The highest BCUT2D eigenvalue weighted by molar-refractivity contribution is 6.72. The Balaban J connectivity index is 2.39. The van der Waals surface area contributed by atoms with Crippen LogP contribution in [0.15, 0.2) is 0 Å². The van der Waals surface area contributed by atoms with Gasteiger partial charge in [0.2, 0.25) is 11.8 Å². The Hall–Kier alpha value is -0.923. The van der Waals surface area contributed by atoms with Crippen molar-refractivity contribution in [3.05, 3.63) is 0 Å². The Kier molecular flexibility index (Phi) is 5.57. The van der Waals surface area contributed by atoms with Gasteiger partial charge in [0, 0.05) is 17.9 Å². The number of nitrogens with one attached hydrogen (secondary N) is 2. The van der Waals surface area contributed by atoms with Gasteiger partial charge in [0.15, 0.2) is 8.32 Å². The minimum Gasteiger partial charge on any atom is -0.432 e. The van der Waals surface area contributed by atoms with E-state index in [1.54, 1.807) is 0 Å². The van der Waals surface area contributed by atoms with Crippen molar-refractivity contribution in [1.82, 2.24) is 10.9 Å². The van der Waals surface area contributed by atoms with Gasteiger partial charge in [-0.05, 0) is 37.4 Å². The van der Waals surface area contributed by atoms with Crippen LogP contribution in [0, 0.1) is 11.8 Å². The fourth-order valence-electron chi connectivity index (χ4n) is 2.33. The summed E-state index contributed by atoms with van der Waals surface area (Å²) < 4.78 is 0. The van der Waals surface area contributed by atoms with Gasteiger partial charge in [-0.2, -0.15) is 0 Å². The molecule has 0 aliphatic heterocycles. The Bertz CT molecular complexity index is 401. The molecule has 1 atom stereocenters. The molecule has 0 aromatic carbocycles. The molecular weight excluding hydrogens is 286 g/mol. The molecule has 1 saturated carbocycles. The van der Waals surface area contributed by atoms with Gasteiger partial charge in [-0.15, -0.1) is 0 Å². The summed E-state index contributed by atoms with van der Waals surface area (Å²) in [4.78, 5) is 34.0. The fraction of sp³-hybridized carbons (Fsp3) is 0.857. The van der Waals surface area contributed by atoms with Crippen molar-refractivity contribution in [2.45, 2.75) is 64.2 Å². The molecule has 7 heteroatoms. The van der Waals surface area contributed by atoms with E-state index in [2.05, 4.69) is 10.9 Å². The molecule has 21 heavy (non-hydrogen) atoms. The van der Waals surface area contributed by atoms with E-state index in [9.17, 15) is 14.4 Å². The molecule has 1 aliphatic carbocycles. The summed E-state index contributed by atoms with van der Waals surface area (Å²) in [7, 11) is -2.34. The van der Waals surface area contributed by atoms with Crippen LogP contribution in [0.25, 0.3) is 0 Å². The summed E-state index contributed by atoms with van der Waals surface area (Å²) >= 11 is 0. The van der Waals surface area contributed by atoms with Crippen LogP contribution < -0.4 is 16.6 Å². The van der Waals surface area contributed by atoms with E-state index in [1.165, 1.54) is 0 Å². The Morgan fingerprint density at radius 2 is 1.86 bits per heavy atom. The predicted molar refractivity (Wildman–Crippen MR) is 84.5 cm³/mol. The third-order valence-electron chi connectivity index (χ3n) is 4.77. The first-order valence-electron chi connectivity index (χ1n) is 7.51. The molecular formula is C14H29N3O3Si. The molecule has 2 amide bonds. The lowest BCUT2D eigenvalue weighted by molar-refractivity contribution is -0.134. The minimum atomic E-state index is -2.34. The van der Waals surface area contributed by atoms with E-state index >= 15 is 0 Å². The molecule has 0 spiro atoms. The van der Waals surface area contributed by atoms with Crippen LogP contribution in [-0.2, 0) is 9.59 Å². The van der Waals surface area contributed by atoms with Crippen molar-refractivity contribution in [3.63, 3.8) is 0 Å². The standard InChI is InChI=1S/C14H29N3O3Si/c1-9(8-14(2,3)21(4,5)20)12(18)16-17-13(19)10-6-11(15)7-10/h9-11,20H,6-8,15H2,1-5H3,(H,16,18)(H,17,19)/t9-,10?,11?/m1/s1. The Morgan fingerprint density at radius 3 is 2.29 bits per heavy atom. The predicted octanol–water partition coefficient (Wildman–Crippen LogP) is 0.875. The maximum Gasteiger partial charge on any atom is 0.241 e. The average Bonchev–Trinajstić information content (AvgIpc) is 2.29. The third kappa shape index (κ3) is 4.79. The van der Waals surface area contributed by atoms with Crippen LogP contribution in [0.5, 0.6) is 0 Å². The monoisotopic (exact) mass is 315 g/mol. The molecule has 0 saturated heterocycles. The Labute approximate surface area is 128 Å². The molecule has 1 aliphatic rings. The largest absolute Gasteiger partial charge is 0.432 e. The highest BCUT2D eigenvalue weighted by atomic mass is 28.4. The van der Waals surface area contributed by atoms with E-state index in [-0.39, 0.29) is 34.7 Å². The van der Waals surface area contributed by atoms with Crippen LogP contribution in [0.1, 0.15) is 40.0 Å². The van der Waals surface area contributed by atoms with Gasteiger partial charge < -0.3 is 10.5 Å². The van der Waals surface area contributed by atoms with Crippen LogP contribution >= 0.6 is 0 Å².